The van der Waals surface area contributed by atoms with Gasteiger partial charge in [-0.15, -0.1) is 0 Å². The first-order chi connectivity index (χ1) is 13.1. The summed E-state index contributed by atoms with van der Waals surface area (Å²) < 4.78 is 0. The van der Waals surface area contributed by atoms with Gasteiger partial charge in [-0.1, -0.05) is 34.8 Å². The predicted octanol–water partition coefficient (Wildman–Crippen LogP) is 6.83. The van der Waals surface area contributed by atoms with Crippen LogP contribution in [0.4, 0.5) is 0 Å². The van der Waals surface area contributed by atoms with Gasteiger partial charge in [0.2, 0.25) is 0 Å². The highest BCUT2D eigenvalue weighted by Crippen LogP contribution is 2.34. The average Bonchev–Trinajstić information content (AvgIpc) is 2.68. The molecular formula is C21H12Cl3N3. The molecule has 0 amide bonds. The van der Waals surface area contributed by atoms with Crippen LogP contribution >= 0.6 is 34.8 Å². The summed E-state index contributed by atoms with van der Waals surface area (Å²) in [5.74, 6) is 0. The monoisotopic (exact) mass is 411 g/mol. The maximum Gasteiger partial charge on any atom is 0.0595 e. The van der Waals surface area contributed by atoms with E-state index in [1.165, 1.54) is 0 Å². The van der Waals surface area contributed by atoms with Gasteiger partial charge in [-0.3, -0.25) is 15.0 Å². The maximum absolute atomic E-state index is 6.13. The average molecular weight is 413 g/mol. The molecule has 0 bridgehead atoms. The highest BCUT2D eigenvalue weighted by molar-refractivity contribution is 6.31. The van der Waals surface area contributed by atoms with Crippen LogP contribution < -0.4 is 0 Å². The van der Waals surface area contributed by atoms with Crippen LogP contribution in [0.15, 0.2) is 73.6 Å². The van der Waals surface area contributed by atoms with Gasteiger partial charge in [0, 0.05) is 53.9 Å². The number of hydrogen-bond acceptors (Lipinski definition) is 3. The molecule has 0 saturated heterocycles. The van der Waals surface area contributed by atoms with Crippen molar-refractivity contribution in [2.75, 3.05) is 0 Å². The molecule has 0 atom stereocenters. The van der Waals surface area contributed by atoms with E-state index in [0.717, 1.165) is 33.4 Å². The normalized spacial score (nSPS) is 10.8. The van der Waals surface area contributed by atoms with Crippen LogP contribution in [0.1, 0.15) is 0 Å². The van der Waals surface area contributed by atoms with Crippen LogP contribution in [0.2, 0.25) is 15.1 Å². The van der Waals surface area contributed by atoms with Crippen LogP contribution in [0.3, 0.4) is 0 Å². The first-order valence-corrected chi connectivity index (χ1v) is 9.20. The van der Waals surface area contributed by atoms with E-state index in [4.69, 9.17) is 34.8 Å². The summed E-state index contributed by atoms with van der Waals surface area (Å²) in [7, 11) is 0. The summed E-state index contributed by atoms with van der Waals surface area (Å²) >= 11 is 18.4. The molecule has 6 heteroatoms. The lowest BCUT2D eigenvalue weighted by Gasteiger charge is -2.11. The fourth-order valence-electron chi connectivity index (χ4n) is 2.84. The minimum absolute atomic E-state index is 0.577. The van der Waals surface area contributed by atoms with Gasteiger partial charge in [0.15, 0.2) is 0 Å². The van der Waals surface area contributed by atoms with Gasteiger partial charge >= 0.3 is 0 Å². The second-order valence-corrected chi connectivity index (χ2v) is 7.28. The summed E-state index contributed by atoms with van der Waals surface area (Å²) in [6.45, 7) is 0. The summed E-state index contributed by atoms with van der Waals surface area (Å²) in [4.78, 5) is 12.6. The van der Waals surface area contributed by atoms with Crippen LogP contribution in [0, 0.1) is 0 Å². The Labute approximate surface area is 171 Å². The number of hydrogen-bond donors (Lipinski definition) is 0. The molecule has 0 saturated carbocycles. The Morgan fingerprint density at radius 3 is 0.926 bits per heavy atom. The fraction of sp³-hybridized carbons (Fsp3) is 0. The van der Waals surface area contributed by atoms with Crippen molar-refractivity contribution in [1.29, 1.82) is 0 Å². The fourth-order valence-corrected chi connectivity index (χ4v) is 3.36. The highest BCUT2D eigenvalue weighted by Gasteiger charge is 2.09. The topological polar surface area (TPSA) is 38.7 Å². The molecule has 0 unspecified atom stereocenters. The molecule has 0 radical (unpaired) electrons. The van der Waals surface area contributed by atoms with Crippen molar-refractivity contribution in [3.05, 3.63) is 88.6 Å². The minimum Gasteiger partial charge on any atom is -0.263 e. The molecule has 132 valence electrons. The molecule has 3 aromatic heterocycles. The summed E-state index contributed by atoms with van der Waals surface area (Å²) in [5, 5.41) is 1.73. The minimum atomic E-state index is 0.577. The van der Waals surface area contributed by atoms with Crippen molar-refractivity contribution in [2.45, 2.75) is 0 Å². The number of pyridine rings is 3. The van der Waals surface area contributed by atoms with Crippen molar-refractivity contribution in [3.8, 4) is 33.4 Å². The third-order valence-corrected chi connectivity index (χ3v) is 4.67. The van der Waals surface area contributed by atoms with Gasteiger partial charge in [-0.25, -0.2) is 0 Å². The maximum atomic E-state index is 6.13. The van der Waals surface area contributed by atoms with E-state index in [-0.39, 0.29) is 0 Å². The number of rotatable bonds is 3. The Kier molecular flexibility index (Phi) is 5.08. The van der Waals surface area contributed by atoms with E-state index in [1.54, 1.807) is 37.2 Å². The molecular weight excluding hydrogens is 401 g/mol. The second kappa shape index (κ2) is 7.65. The molecule has 3 nitrogen and oxygen atoms in total. The Bertz CT molecular complexity index is 975. The van der Waals surface area contributed by atoms with Crippen LogP contribution in [-0.2, 0) is 0 Å². The molecule has 0 aliphatic heterocycles. The Morgan fingerprint density at radius 1 is 0.370 bits per heavy atom. The summed E-state index contributed by atoms with van der Waals surface area (Å²) in [6.07, 6.45) is 10.2. The van der Waals surface area contributed by atoms with E-state index in [9.17, 15) is 0 Å². The first-order valence-electron chi connectivity index (χ1n) is 8.06. The van der Waals surface area contributed by atoms with Crippen LogP contribution in [0.5, 0.6) is 0 Å². The zero-order chi connectivity index (χ0) is 18.8. The van der Waals surface area contributed by atoms with E-state index in [1.807, 2.05) is 18.2 Å². The smallest absolute Gasteiger partial charge is 0.0595 e. The summed E-state index contributed by atoms with van der Waals surface area (Å²) in [5.41, 5.74) is 5.65. The van der Waals surface area contributed by atoms with Crippen molar-refractivity contribution in [2.24, 2.45) is 0 Å². The van der Waals surface area contributed by atoms with Crippen LogP contribution in [0.25, 0.3) is 33.4 Å². The van der Waals surface area contributed by atoms with E-state index in [2.05, 4.69) is 33.2 Å². The largest absolute Gasteiger partial charge is 0.263 e. The lowest BCUT2D eigenvalue weighted by atomic mass is 9.95. The molecule has 4 rings (SSSR count). The number of aromatic nitrogens is 3. The predicted molar refractivity (Wildman–Crippen MR) is 111 cm³/mol. The number of benzene rings is 1. The quantitative estimate of drug-likeness (QED) is 0.370. The molecule has 4 aromatic rings. The Hall–Kier alpha value is -2.46. The van der Waals surface area contributed by atoms with Gasteiger partial charge < -0.3 is 0 Å². The zero-order valence-electron chi connectivity index (χ0n) is 13.9. The standard InChI is InChI=1S/C21H12Cl3N3/c22-19-4-16(7-25-10-19)13-1-14(17-5-20(23)11-26-8-17)3-15(2-13)18-6-21(24)12-27-9-18/h1-12H. The molecule has 0 spiro atoms. The summed E-state index contributed by atoms with van der Waals surface area (Å²) in [6, 6.07) is 11.8. The van der Waals surface area contributed by atoms with E-state index < -0.39 is 0 Å². The molecule has 3 heterocycles. The first kappa shape index (κ1) is 17.9. The lowest BCUT2D eigenvalue weighted by molar-refractivity contribution is 1.32. The van der Waals surface area contributed by atoms with Gasteiger partial charge in [-0.2, -0.15) is 0 Å². The van der Waals surface area contributed by atoms with Gasteiger partial charge in [-0.05, 0) is 53.1 Å². The molecule has 0 aliphatic carbocycles. The van der Waals surface area contributed by atoms with Gasteiger partial charge in [0.05, 0.1) is 15.1 Å². The van der Waals surface area contributed by atoms with Gasteiger partial charge in [0.1, 0.15) is 0 Å². The third-order valence-electron chi connectivity index (χ3n) is 4.05. The number of nitrogens with zero attached hydrogens (tertiary/aromatic N) is 3. The second-order valence-electron chi connectivity index (χ2n) is 5.97. The third kappa shape index (κ3) is 4.11. The Morgan fingerprint density at radius 2 is 0.667 bits per heavy atom. The Balaban J connectivity index is 1.94. The molecule has 0 aliphatic rings. The molecule has 1 aromatic carbocycles. The molecule has 27 heavy (non-hydrogen) atoms. The number of halogens is 3. The van der Waals surface area contributed by atoms with Crippen molar-refractivity contribution in [1.82, 2.24) is 15.0 Å². The molecule has 0 N–H and O–H groups in total. The van der Waals surface area contributed by atoms with Crippen LogP contribution in [-0.4, -0.2) is 15.0 Å². The SMILES string of the molecule is Clc1cncc(-c2cc(-c3cncc(Cl)c3)cc(-c3cncc(Cl)c3)c2)c1. The van der Waals surface area contributed by atoms with Crippen molar-refractivity contribution in [3.63, 3.8) is 0 Å². The highest BCUT2D eigenvalue weighted by atomic mass is 35.5. The van der Waals surface area contributed by atoms with Crippen molar-refractivity contribution < 1.29 is 0 Å². The lowest BCUT2D eigenvalue weighted by Crippen LogP contribution is -1.88. The van der Waals surface area contributed by atoms with Gasteiger partial charge in [0.25, 0.3) is 0 Å². The molecule has 0 fully saturated rings. The zero-order valence-corrected chi connectivity index (χ0v) is 16.2. The van der Waals surface area contributed by atoms with E-state index in [0.29, 0.717) is 15.1 Å². The van der Waals surface area contributed by atoms with E-state index >= 15 is 0 Å². The van der Waals surface area contributed by atoms with Crippen molar-refractivity contribution >= 4 is 34.8 Å².